The minimum Gasteiger partial charge on any atom is -0.339 e. The van der Waals surface area contributed by atoms with Crippen molar-refractivity contribution in [2.75, 3.05) is 13.1 Å². The molecule has 0 aromatic carbocycles. The van der Waals surface area contributed by atoms with Crippen molar-refractivity contribution in [3.8, 4) is 0 Å². The first-order chi connectivity index (χ1) is 8.22. The van der Waals surface area contributed by atoms with Gasteiger partial charge in [0.05, 0.1) is 0 Å². The van der Waals surface area contributed by atoms with E-state index in [2.05, 4.69) is 11.8 Å². The van der Waals surface area contributed by atoms with Crippen molar-refractivity contribution in [1.29, 1.82) is 0 Å². The lowest BCUT2D eigenvalue weighted by Crippen LogP contribution is -2.50. The van der Waals surface area contributed by atoms with Gasteiger partial charge in [0.15, 0.2) is 0 Å². The standard InChI is InChI=1S/C14H26N2O/c1-11(10-15)9-14(17)16-8-4-6-12-5-2-3-7-13(12)16/h11-13H,2-10,15H2,1H3/t11?,12-,13-/m1/s1. The fraction of sp³-hybridized carbons (Fsp3) is 0.929. The van der Waals surface area contributed by atoms with Crippen LogP contribution in [-0.4, -0.2) is 29.9 Å². The molecule has 2 fully saturated rings. The Hall–Kier alpha value is -0.570. The number of carbonyl (C=O) groups excluding carboxylic acids is 1. The van der Waals surface area contributed by atoms with Gasteiger partial charge in [0.2, 0.25) is 5.91 Å². The van der Waals surface area contributed by atoms with Gasteiger partial charge < -0.3 is 10.6 Å². The molecule has 2 aliphatic rings. The number of piperidine rings is 1. The molecule has 0 aromatic heterocycles. The lowest BCUT2D eigenvalue weighted by atomic mass is 9.78. The fourth-order valence-corrected chi connectivity index (χ4v) is 3.43. The zero-order chi connectivity index (χ0) is 12.3. The number of fused-ring (bicyclic) bond motifs is 1. The van der Waals surface area contributed by atoms with Crippen molar-refractivity contribution in [2.24, 2.45) is 17.6 Å². The van der Waals surface area contributed by atoms with Crippen LogP contribution in [0.15, 0.2) is 0 Å². The lowest BCUT2D eigenvalue weighted by Gasteiger charge is -2.44. The number of amides is 1. The summed E-state index contributed by atoms with van der Waals surface area (Å²) in [6.45, 7) is 3.67. The van der Waals surface area contributed by atoms with Crippen LogP contribution in [0.2, 0.25) is 0 Å². The molecule has 2 rings (SSSR count). The molecule has 1 amide bonds. The molecule has 0 radical (unpaired) electrons. The molecule has 98 valence electrons. The number of hydrogen-bond acceptors (Lipinski definition) is 2. The first kappa shape index (κ1) is 12.9. The minimum absolute atomic E-state index is 0.325. The minimum atomic E-state index is 0.325. The zero-order valence-electron chi connectivity index (χ0n) is 11.0. The van der Waals surface area contributed by atoms with E-state index in [1.807, 2.05) is 0 Å². The van der Waals surface area contributed by atoms with Crippen molar-refractivity contribution < 1.29 is 4.79 Å². The molecule has 1 heterocycles. The molecule has 0 spiro atoms. The van der Waals surface area contributed by atoms with Gasteiger partial charge in [0.25, 0.3) is 0 Å². The van der Waals surface area contributed by atoms with E-state index in [-0.39, 0.29) is 0 Å². The smallest absolute Gasteiger partial charge is 0.223 e. The van der Waals surface area contributed by atoms with Crippen LogP contribution in [0, 0.1) is 11.8 Å². The molecule has 17 heavy (non-hydrogen) atoms. The number of nitrogens with two attached hydrogens (primary N) is 1. The molecule has 1 unspecified atom stereocenters. The number of carbonyl (C=O) groups is 1. The highest BCUT2D eigenvalue weighted by atomic mass is 16.2. The maximum absolute atomic E-state index is 12.3. The van der Waals surface area contributed by atoms with Gasteiger partial charge >= 0.3 is 0 Å². The Morgan fingerprint density at radius 1 is 1.29 bits per heavy atom. The van der Waals surface area contributed by atoms with Crippen LogP contribution in [0.25, 0.3) is 0 Å². The summed E-state index contributed by atoms with van der Waals surface area (Å²) in [6.07, 6.45) is 8.40. The summed E-state index contributed by atoms with van der Waals surface area (Å²) in [6, 6.07) is 0.551. The third-order valence-corrected chi connectivity index (χ3v) is 4.49. The molecular formula is C14H26N2O. The Balaban J connectivity index is 1.95. The lowest BCUT2D eigenvalue weighted by molar-refractivity contribution is -0.138. The maximum atomic E-state index is 12.3. The Morgan fingerprint density at radius 2 is 2.00 bits per heavy atom. The van der Waals surface area contributed by atoms with Crippen LogP contribution in [0.1, 0.15) is 51.9 Å². The van der Waals surface area contributed by atoms with E-state index in [0.717, 1.165) is 12.5 Å². The zero-order valence-corrected chi connectivity index (χ0v) is 11.0. The average molecular weight is 238 g/mol. The van der Waals surface area contributed by atoms with E-state index in [4.69, 9.17) is 5.73 Å². The summed E-state index contributed by atoms with van der Waals surface area (Å²) in [7, 11) is 0. The van der Waals surface area contributed by atoms with Crippen molar-refractivity contribution >= 4 is 5.91 Å². The quantitative estimate of drug-likeness (QED) is 0.819. The van der Waals surface area contributed by atoms with E-state index < -0.39 is 0 Å². The fourth-order valence-electron chi connectivity index (χ4n) is 3.43. The van der Waals surface area contributed by atoms with Gasteiger partial charge in [0.1, 0.15) is 0 Å². The normalized spacial score (nSPS) is 30.8. The molecule has 1 aliphatic carbocycles. The predicted molar refractivity (Wildman–Crippen MR) is 69.5 cm³/mol. The Bertz CT molecular complexity index is 265. The monoisotopic (exact) mass is 238 g/mol. The topological polar surface area (TPSA) is 46.3 Å². The van der Waals surface area contributed by atoms with Crippen molar-refractivity contribution in [1.82, 2.24) is 4.90 Å². The second-order valence-corrected chi connectivity index (χ2v) is 5.89. The molecule has 1 saturated carbocycles. The third kappa shape index (κ3) is 3.01. The number of likely N-dealkylation sites (tertiary alicyclic amines) is 1. The molecule has 3 nitrogen and oxygen atoms in total. The molecule has 1 saturated heterocycles. The summed E-state index contributed by atoms with van der Waals surface area (Å²) >= 11 is 0. The van der Waals surface area contributed by atoms with Crippen LogP contribution in [0.3, 0.4) is 0 Å². The molecule has 3 heteroatoms. The van der Waals surface area contributed by atoms with Gasteiger partial charge in [0, 0.05) is 19.0 Å². The van der Waals surface area contributed by atoms with Crippen LogP contribution < -0.4 is 5.73 Å². The van der Waals surface area contributed by atoms with Crippen LogP contribution in [-0.2, 0) is 4.79 Å². The maximum Gasteiger partial charge on any atom is 0.223 e. The Morgan fingerprint density at radius 3 is 2.76 bits per heavy atom. The second-order valence-electron chi connectivity index (χ2n) is 5.89. The largest absolute Gasteiger partial charge is 0.339 e. The van der Waals surface area contributed by atoms with Crippen molar-refractivity contribution in [2.45, 2.75) is 57.9 Å². The first-order valence-electron chi connectivity index (χ1n) is 7.22. The third-order valence-electron chi connectivity index (χ3n) is 4.49. The predicted octanol–water partition coefficient (Wildman–Crippen LogP) is 2.15. The summed E-state index contributed by atoms with van der Waals surface area (Å²) in [5.41, 5.74) is 5.61. The van der Waals surface area contributed by atoms with Crippen LogP contribution in [0.4, 0.5) is 0 Å². The molecular weight excluding hydrogens is 212 g/mol. The first-order valence-corrected chi connectivity index (χ1v) is 7.22. The summed E-state index contributed by atoms with van der Waals surface area (Å²) < 4.78 is 0. The van der Waals surface area contributed by atoms with Gasteiger partial charge in [-0.3, -0.25) is 4.79 Å². The van der Waals surface area contributed by atoms with Gasteiger partial charge in [-0.15, -0.1) is 0 Å². The number of hydrogen-bond donors (Lipinski definition) is 1. The van der Waals surface area contributed by atoms with Gasteiger partial charge in [-0.1, -0.05) is 19.8 Å². The highest BCUT2D eigenvalue weighted by molar-refractivity contribution is 5.77. The molecule has 0 aromatic rings. The van der Waals surface area contributed by atoms with E-state index in [1.54, 1.807) is 0 Å². The highest BCUT2D eigenvalue weighted by Crippen LogP contribution is 2.35. The molecule has 2 N–H and O–H groups in total. The van der Waals surface area contributed by atoms with Crippen molar-refractivity contribution in [3.05, 3.63) is 0 Å². The van der Waals surface area contributed by atoms with Gasteiger partial charge in [-0.05, 0) is 44.1 Å². The molecule has 0 bridgehead atoms. The number of nitrogens with zero attached hydrogens (tertiary/aromatic N) is 1. The highest BCUT2D eigenvalue weighted by Gasteiger charge is 2.35. The number of rotatable bonds is 3. The summed E-state index contributed by atoms with van der Waals surface area (Å²) in [4.78, 5) is 14.5. The van der Waals surface area contributed by atoms with Crippen LogP contribution >= 0.6 is 0 Å². The summed E-state index contributed by atoms with van der Waals surface area (Å²) in [5, 5.41) is 0. The Labute approximate surface area is 105 Å². The SMILES string of the molecule is CC(CN)CC(=O)N1CCC[C@H]2CCCC[C@H]21. The second kappa shape index (κ2) is 5.85. The van der Waals surface area contributed by atoms with E-state index in [0.29, 0.717) is 30.8 Å². The van der Waals surface area contributed by atoms with E-state index in [9.17, 15) is 4.79 Å². The van der Waals surface area contributed by atoms with Gasteiger partial charge in [-0.2, -0.15) is 0 Å². The van der Waals surface area contributed by atoms with E-state index >= 15 is 0 Å². The summed E-state index contributed by atoms with van der Waals surface area (Å²) in [5.74, 6) is 1.46. The average Bonchev–Trinajstić information content (AvgIpc) is 2.37. The van der Waals surface area contributed by atoms with Gasteiger partial charge in [-0.25, -0.2) is 0 Å². The van der Waals surface area contributed by atoms with Crippen molar-refractivity contribution in [3.63, 3.8) is 0 Å². The Kier molecular flexibility index (Phi) is 4.43. The van der Waals surface area contributed by atoms with Crippen LogP contribution in [0.5, 0.6) is 0 Å². The van der Waals surface area contributed by atoms with E-state index in [1.165, 1.54) is 38.5 Å². The molecule has 3 atom stereocenters. The molecule has 1 aliphatic heterocycles.